The number of amides is 1. The molecule has 1 amide bonds. The smallest absolute Gasteiger partial charge is 0.337 e. The van der Waals surface area contributed by atoms with Crippen LogP contribution >= 0.6 is 0 Å². The fraction of sp³-hybridized carbons (Fsp3) is 0.400. The molecule has 0 radical (unpaired) electrons. The Bertz CT molecular complexity index is 778. The molecule has 6 nitrogen and oxygen atoms in total. The van der Waals surface area contributed by atoms with E-state index in [1.165, 1.54) is 7.11 Å². The average Bonchev–Trinajstić information content (AvgIpc) is 3.33. The predicted octanol–water partition coefficient (Wildman–Crippen LogP) is 2.94. The number of carbonyl (C=O) groups is 2. The minimum atomic E-state index is -0.458. The Balaban J connectivity index is 1.70. The summed E-state index contributed by atoms with van der Waals surface area (Å²) in [5.41, 5.74) is 0.793. The van der Waals surface area contributed by atoms with Gasteiger partial charge < -0.3 is 14.5 Å². The lowest BCUT2D eigenvalue weighted by Crippen LogP contribution is -2.36. The van der Waals surface area contributed by atoms with Crippen LogP contribution < -0.4 is 5.32 Å². The molecule has 0 bridgehead atoms. The lowest BCUT2D eigenvalue weighted by atomic mass is 10.1. The number of furan rings is 1. The Morgan fingerprint density at radius 2 is 1.92 bits per heavy atom. The van der Waals surface area contributed by atoms with Crippen LogP contribution in [0, 0.1) is 6.92 Å². The number of hydrogen-bond donors (Lipinski definition) is 1. The molecule has 138 valence electrons. The fourth-order valence-corrected chi connectivity index (χ4v) is 3.29. The molecule has 1 aromatic heterocycles. The SMILES string of the molecule is COC(=O)c1cccc(C(=O)NCC(c2ccc(C)o2)N2CCCC2)c1. The number of nitrogens with zero attached hydrogens (tertiary/aromatic N) is 1. The molecule has 1 saturated heterocycles. The summed E-state index contributed by atoms with van der Waals surface area (Å²) in [5, 5.41) is 2.98. The summed E-state index contributed by atoms with van der Waals surface area (Å²) in [4.78, 5) is 26.5. The van der Waals surface area contributed by atoms with Crippen molar-refractivity contribution in [3.63, 3.8) is 0 Å². The summed E-state index contributed by atoms with van der Waals surface area (Å²) in [5.74, 6) is 1.05. The van der Waals surface area contributed by atoms with Crippen molar-refractivity contribution in [3.05, 3.63) is 59.0 Å². The first-order valence-corrected chi connectivity index (χ1v) is 8.85. The average molecular weight is 356 g/mol. The van der Waals surface area contributed by atoms with Crippen molar-refractivity contribution < 1.29 is 18.7 Å². The zero-order valence-electron chi connectivity index (χ0n) is 15.2. The second-order valence-electron chi connectivity index (χ2n) is 6.49. The quantitative estimate of drug-likeness (QED) is 0.806. The third-order valence-electron chi connectivity index (χ3n) is 4.67. The van der Waals surface area contributed by atoms with Gasteiger partial charge >= 0.3 is 5.97 Å². The van der Waals surface area contributed by atoms with Crippen LogP contribution in [0.2, 0.25) is 0 Å². The van der Waals surface area contributed by atoms with Crippen LogP contribution in [-0.4, -0.2) is 43.5 Å². The van der Waals surface area contributed by atoms with Gasteiger partial charge in [-0.3, -0.25) is 9.69 Å². The molecule has 3 rings (SSSR count). The normalized spacial score (nSPS) is 15.6. The molecule has 1 aromatic carbocycles. The van der Waals surface area contributed by atoms with Gasteiger partial charge in [0.05, 0.1) is 18.7 Å². The minimum Gasteiger partial charge on any atom is -0.465 e. The van der Waals surface area contributed by atoms with E-state index >= 15 is 0 Å². The van der Waals surface area contributed by atoms with Crippen LogP contribution in [0.3, 0.4) is 0 Å². The highest BCUT2D eigenvalue weighted by Crippen LogP contribution is 2.26. The van der Waals surface area contributed by atoms with Crippen molar-refractivity contribution in [2.45, 2.75) is 25.8 Å². The summed E-state index contributed by atoms with van der Waals surface area (Å²) >= 11 is 0. The molecule has 0 saturated carbocycles. The van der Waals surface area contributed by atoms with Gasteiger partial charge in [-0.1, -0.05) is 6.07 Å². The number of rotatable bonds is 6. The minimum absolute atomic E-state index is 0.0129. The molecule has 1 fully saturated rings. The van der Waals surface area contributed by atoms with Gasteiger partial charge in [0.2, 0.25) is 0 Å². The number of aryl methyl sites for hydroxylation is 1. The van der Waals surface area contributed by atoms with E-state index in [0.29, 0.717) is 17.7 Å². The number of benzene rings is 1. The Morgan fingerprint density at radius 3 is 2.58 bits per heavy atom. The van der Waals surface area contributed by atoms with E-state index in [-0.39, 0.29) is 11.9 Å². The molecule has 6 heteroatoms. The van der Waals surface area contributed by atoms with E-state index in [2.05, 4.69) is 10.2 Å². The van der Waals surface area contributed by atoms with Gasteiger partial charge in [-0.25, -0.2) is 4.79 Å². The number of esters is 1. The highest BCUT2D eigenvalue weighted by Gasteiger charge is 2.26. The molecule has 1 unspecified atom stereocenters. The fourth-order valence-electron chi connectivity index (χ4n) is 3.29. The van der Waals surface area contributed by atoms with Crippen LogP contribution in [0.4, 0.5) is 0 Å². The molecule has 2 aromatic rings. The van der Waals surface area contributed by atoms with Crippen LogP contribution in [0.1, 0.15) is 51.1 Å². The molecule has 1 atom stereocenters. The highest BCUT2D eigenvalue weighted by atomic mass is 16.5. The van der Waals surface area contributed by atoms with E-state index in [1.807, 2.05) is 19.1 Å². The maximum atomic E-state index is 12.6. The van der Waals surface area contributed by atoms with E-state index in [0.717, 1.165) is 37.5 Å². The first-order valence-electron chi connectivity index (χ1n) is 8.85. The monoisotopic (exact) mass is 356 g/mol. The van der Waals surface area contributed by atoms with Gasteiger partial charge in [-0.05, 0) is 63.2 Å². The second-order valence-corrected chi connectivity index (χ2v) is 6.49. The molecular formula is C20H24N2O4. The van der Waals surface area contributed by atoms with Crippen molar-refractivity contribution in [1.29, 1.82) is 0 Å². The summed E-state index contributed by atoms with van der Waals surface area (Å²) in [6.07, 6.45) is 2.32. The van der Waals surface area contributed by atoms with E-state index in [1.54, 1.807) is 24.3 Å². The van der Waals surface area contributed by atoms with Gasteiger partial charge in [0.1, 0.15) is 11.5 Å². The van der Waals surface area contributed by atoms with Crippen LogP contribution in [-0.2, 0) is 4.74 Å². The first-order chi connectivity index (χ1) is 12.6. The molecule has 1 aliphatic rings. The number of methoxy groups -OCH3 is 1. The van der Waals surface area contributed by atoms with E-state index < -0.39 is 5.97 Å². The number of hydrogen-bond acceptors (Lipinski definition) is 5. The second kappa shape index (κ2) is 8.19. The first kappa shape index (κ1) is 18.2. The van der Waals surface area contributed by atoms with Crippen LogP contribution in [0.25, 0.3) is 0 Å². The Morgan fingerprint density at radius 1 is 1.19 bits per heavy atom. The molecule has 0 aliphatic carbocycles. The summed E-state index contributed by atoms with van der Waals surface area (Å²) in [6.45, 7) is 4.37. The van der Waals surface area contributed by atoms with Crippen molar-refractivity contribution in [2.24, 2.45) is 0 Å². The molecule has 0 spiro atoms. The molecular weight excluding hydrogens is 332 g/mol. The Kier molecular flexibility index (Phi) is 5.73. The molecule has 1 N–H and O–H groups in total. The number of nitrogens with one attached hydrogen (secondary N) is 1. The Hall–Kier alpha value is -2.60. The van der Waals surface area contributed by atoms with Crippen LogP contribution in [0.15, 0.2) is 40.8 Å². The van der Waals surface area contributed by atoms with Gasteiger partial charge in [-0.2, -0.15) is 0 Å². The molecule has 2 heterocycles. The van der Waals surface area contributed by atoms with Crippen LogP contribution in [0.5, 0.6) is 0 Å². The highest BCUT2D eigenvalue weighted by molar-refractivity contribution is 5.97. The molecule has 1 aliphatic heterocycles. The third-order valence-corrected chi connectivity index (χ3v) is 4.67. The largest absolute Gasteiger partial charge is 0.465 e. The van der Waals surface area contributed by atoms with Crippen molar-refractivity contribution in [2.75, 3.05) is 26.7 Å². The Labute approximate surface area is 153 Å². The number of carbonyl (C=O) groups excluding carboxylic acids is 2. The lowest BCUT2D eigenvalue weighted by Gasteiger charge is -2.26. The van der Waals surface area contributed by atoms with Gasteiger partial charge in [0.15, 0.2) is 0 Å². The summed E-state index contributed by atoms with van der Waals surface area (Å²) < 4.78 is 10.5. The number of ether oxygens (including phenoxy) is 1. The van der Waals surface area contributed by atoms with Crippen molar-refractivity contribution in [3.8, 4) is 0 Å². The van der Waals surface area contributed by atoms with E-state index in [9.17, 15) is 9.59 Å². The third kappa shape index (κ3) is 4.14. The van der Waals surface area contributed by atoms with Crippen molar-refractivity contribution in [1.82, 2.24) is 10.2 Å². The summed E-state index contributed by atoms with van der Waals surface area (Å²) in [7, 11) is 1.32. The topological polar surface area (TPSA) is 71.8 Å². The van der Waals surface area contributed by atoms with Gasteiger partial charge in [-0.15, -0.1) is 0 Å². The molecule has 26 heavy (non-hydrogen) atoms. The predicted molar refractivity (Wildman–Crippen MR) is 97.1 cm³/mol. The van der Waals surface area contributed by atoms with Crippen molar-refractivity contribution >= 4 is 11.9 Å². The standard InChI is InChI=1S/C20H24N2O4/c1-14-8-9-18(26-14)17(22-10-3-4-11-22)13-21-19(23)15-6-5-7-16(12-15)20(24)25-2/h5-9,12,17H,3-4,10-11,13H2,1-2H3,(H,21,23). The van der Waals surface area contributed by atoms with Gasteiger partial charge in [0.25, 0.3) is 5.91 Å². The van der Waals surface area contributed by atoms with E-state index in [4.69, 9.17) is 9.15 Å². The maximum absolute atomic E-state index is 12.6. The lowest BCUT2D eigenvalue weighted by molar-refractivity contribution is 0.0600. The maximum Gasteiger partial charge on any atom is 0.337 e. The summed E-state index contributed by atoms with van der Waals surface area (Å²) in [6, 6.07) is 10.5. The zero-order chi connectivity index (χ0) is 18.5. The number of likely N-dealkylation sites (tertiary alicyclic amines) is 1. The van der Waals surface area contributed by atoms with Gasteiger partial charge in [0, 0.05) is 12.1 Å². The zero-order valence-corrected chi connectivity index (χ0v) is 15.2.